The molecule has 2 heterocycles. The van der Waals surface area contributed by atoms with Crippen LogP contribution in [0.25, 0.3) is 5.65 Å². The summed E-state index contributed by atoms with van der Waals surface area (Å²) in [7, 11) is -2.40. The van der Waals surface area contributed by atoms with E-state index in [2.05, 4.69) is 10.3 Å². The fourth-order valence-electron chi connectivity index (χ4n) is 2.89. The topological polar surface area (TPSA) is 119 Å². The van der Waals surface area contributed by atoms with Gasteiger partial charge in [-0.05, 0) is 42.8 Å². The van der Waals surface area contributed by atoms with E-state index in [9.17, 15) is 18.0 Å². The number of aryl methyl sites for hydroxylation is 1. The van der Waals surface area contributed by atoms with Gasteiger partial charge in [0.2, 0.25) is 5.91 Å². The van der Waals surface area contributed by atoms with E-state index in [1.807, 2.05) is 11.6 Å². The Morgan fingerprint density at radius 2 is 1.86 bits per heavy atom. The maximum absolute atomic E-state index is 12.9. The zero-order valence-corrected chi connectivity index (χ0v) is 16.9. The number of benzene rings is 1. The fraction of sp³-hybridized carbons (Fsp3) is 0.211. The summed E-state index contributed by atoms with van der Waals surface area (Å²) in [5.74, 6) is -0.522. The van der Waals surface area contributed by atoms with E-state index in [-0.39, 0.29) is 10.8 Å². The lowest BCUT2D eigenvalue weighted by Crippen LogP contribution is -2.28. The average Bonchev–Trinajstić information content (AvgIpc) is 3.06. The van der Waals surface area contributed by atoms with Gasteiger partial charge in [-0.15, -0.1) is 0 Å². The summed E-state index contributed by atoms with van der Waals surface area (Å²) in [6.45, 7) is 3.01. The summed E-state index contributed by atoms with van der Waals surface area (Å²) < 4.78 is 32.9. The maximum Gasteiger partial charge on any atom is 0.274 e. The molecule has 9 nitrogen and oxygen atoms in total. The number of ether oxygens (including phenoxy) is 1. The molecule has 1 aromatic carbocycles. The molecular formula is C19H20N4O5S. The van der Waals surface area contributed by atoms with Crippen LogP contribution < -0.4 is 14.8 Å². The molecule has 0 aliphatic rings. The molecule has 0 aliphatic heterocycles. The first-order valence-electron chi connectivity index (χ1n) is 8.75. The third-order valence-corrected chi connectivity index (χ3v) is 5.61. The molecule has 29 heavy (non-hydrogen) atoms. The zero-order chi connectivity index (χ0) is 21.2. The van der Waals surface area contributed by atoms with Gasteiger partial charge in [0.15, 0.2) is 11.4 Å². The van der Waals surface area contributed by atoms with E-state index in [1.54, 1.807) is 22.7 Å². The number of hydrogen-bond acceptors (Lipinski definition) is 6. The van der Waals surface area contributed by atoms with Crippen LogP contribution >= 0.6 is 0 Å². The van der Waals surface area contributed by atoms with Crippen LogP contribution in [0, 0.1) is 0 Å². The molecule has 0 fully saturated rings. The Kier molecular flexibility index (Phi) is 5.55. The van der Waals surface area contributed by atoms with Gasteiger partial charge in [0, 0.05) is 18.8 Å². The quantitative estimate of drug-likeness (QED) is 0.634. The number of anilines is 1. The highest BCUT2D eigenvalue weighted by Crippen LogP contribution is 2.23. The van der Waals surface area contributed by atoms with Crippen LogP contribution in [0.15, 0.2) is 47.5 Å². The van der Waals surface area contributed by atoms with Crippen molar-refractivity contribution in [3.05, 3.63) is 54.0 Å². The fourth-order valence-corrected chi connectivity index (χ4v) is 3.88. The Morgan fingerprint density at radius 1 is 1.17 bits per heavy atom. The number of rotatable bonds is 6. The van der Waals surface area contributed by atoms with Gasteiger partial charge in [-0.25, -0.2) is 18.1 Å². The van der Waals surface area contributed by atoms with E-state index in [0.29, 0.717) is 34.9 Å². The SMILES string of the molecule is CCc1nc2c(OC)cccn2c1C(=O)Nc1ccc(S(=O)(=O)NC(C)=O)cc1. The van der Waals surface area contributed by atoms with Gasteiger partial charge < -0.3 is 10.1 Å². The zero-order valence-electron chi connectivity index (χ0n) is 16.1. The third kappa shape index (κ3) is 4.06. The van der Waals surface area contributed by atoms with E-state index in [1.165, 1.54) is 31.4 Å². The molecule has 0 saturated carbocycles. The lowest BCUT2D eigenvalue weighted by molar-refractivity contribution is -0.117. The van der Waals surface area contributed by atoms with Crippen LogP contribution in [0.1, 0.15) is 30.0 Å². The highest BCUT2D eigenvalue weighted by molar-refractivity contribution is 7.90. The van der Waals surface area contributed by atoms with Gasteiger partial charge in [0.05, 0.1) is 17.7 Å². The van der Waals surface area contributed by atoms with Crippen LogP contribution in [-0.2, 0) is 21.2 Å². The molecule has 0 spiro atoms. The van der Waals surface area contributed by atoms with E-state index < -0.39 is 15.9 Å². The number of imidazole rings is 1. The molecule has 2 amide bonds. The Bertz CT molecular complexity index is 1180. The Morgan fingerprint density at radius 3 is 2.45 bits per heavy atom. The summed E-state index contributed by atoms with van der Waals surface area (Å²) in [4.78, 5) is 28.3. The molecule has 0 radical (unpaired) electrons. The van der Waals surface area contributed by atoms with Crippen LogP contribution in [-0.4, -0.2) is 36.7 Å². The van der Waals surface area contributed by atoms with Gasteiger partial charge >= 0.3 is 0 Å². The lowest BCUT2D eigenvalue weighted by atomic mass is 10.2. The number of hydrogen-bond donors (Lipinski definition) is 2. The molecule has 0 aliphatic carbocycles. The minimum Gasteiger partial charge on any atom is -0.493 e. The Labute approximate surface area is 167 Å². The van der Waals surface area contributed by atoms with Gasteiger partial charge in [-0.2, -0.15) is 0 Å². The summed E-state index contributed by atoms with van der Waals surface area (Å²) in [6, 6.07) is 9.02. The number of aromatic nitrogens is 2. The highest BCUT2D eigenvalue weighted by atomic mass is 32.2. The number of nitrogens with zero attached hydrogens (tertiary/aromatic N) is 2. The van der Waals surface area contributed by atoms with Gasteiger partial charge in [-0.3, -0.25) is 14.0 Å². The molecule has 2 N–H and O–H groups in total. The van der Waals surface area contributed by atoms with Crippen molar-refractivity contribution in [1.82, 2.24) is 14.1 Å². The van der Waals surface area contributed by atoms with Gasteiger partial charge in [0.1, 0.15) is 5.69 Å². The largest absolute Gasteiger partial charge is 0.493 e. The summed E-state index contributed by atoms with van der Waals surface area (Å²) in [5, 5.41) is 2.75. The maximum atomic E-state index is 12.9. The summed E-state index contributed by atoms with van der Waals surface area (Å²) in [6.07, 6.45) is 2.27. The minimum absolute atomic E-state index is 0.0838. The standard InChI is InChI=1S/C19H20N4O5S/c1-4-15-17(23-11-5-6-16(28-3)18(23)21-15)19(25)20-13-7-9-14(10-8-13)29(26,27)22-12(2)24/h5-11H,4H2,1-3H3,(H,20,25)(H,22,24). The smallest absolute Gasteiger partial charge is 0.274 e. The predicted molar refractivity (Wildman–Crippen MR) is 107 cm³/mol. The first-order chi connectivity index (χ1) is 13.8. The van der Waals surface area contributed by atoms with Crippen molar-refractivity contribution in [3.8, 4) is 5.75 Å². The number of pyridine rings is 1. The highest BCUT2D eigenvalue weighted by Gasteiger charge is 2.21. The molecule has 0 bridgehead atoms. The number of carbonyl (C=O) groups excluding carboxylic acids is 2. The third-order valence-electron chi connectivity index (χ3n) is 4.16. The normalized spacial score (nSPS) is 11.3. The van der Waals surface area contributed by atoms with E-state index >= 15 is 0 Å². The number of fused-ring (bicyclic) bond motifs is 1. The van der Waals surface area contributed by atoms with Crippen molar-refractivity contribution < 1.29 is 22.7 Å². The second-order valence-electron chi connectivity index (χ2n) is 6.17. The first-order valence-corrected chi connectivity index (χ1v) is 10.2. The summed E-state index contributed by atoms with van der Waals surface area (Å²) in [5.41, 5.74) is 1.92. The van der Waals surface area contributed by atoms with Crippen LogP contribution in [0.2, 0.25) is 0 Å². The van der Waals surface area contributed by atoms with Crippen LogP contribution in [0.5, 0.6) is 5.75 Å². The summed E-state index contributed by atoms with van der Waals surface area (Å²) >= 11 is 0. The number of amides is 2. The van der Waals surface area contributed by atoms with Crippen molar-refractivity contribution in [2.45, 2.75) is 25.2 Å². The Hall–Kier alpha value is -3.40. The second-order valence-corrected chi connectivity index (χ2v) is 7.85. The van der Waals surface area contributed by atoms with Crippen molar-refractivity contribution in [1.29, 1.82) is 0 Å². The van der Waals surface area contributed by atoms with Crippen molar-refractivity contribution in [2.24, 2.45) is 0 Å². The second kappa shape index (κ2) is 7.92. The molecule has 152 valence electrons. The van der Waals surface area contributed by atoms with E-state index in [4.69, 9.17) is 4.74 Å². The van der Waals surface area contributed by atoms with Crippen molar-refractivity contribution in [3.63, 3.8) is 0 Å². The number of nitrogens with one attached hydrogen (secondary N) is 2. The number of carbonyl (C=O) groups is 2. The molecule has 3 aromatic rings. The predicted octanol–water partition coefficient (Wildman–Crippen LogP) is 1.98. The monoisotopic (exact) mass is 416 g/mol. The van der Waals surface area contributed by atoms with Gasteiger partial charge in [0.25, 0.3) is 15.9 Å². The van der Waals surface area contributed by atoms with Crippen molar-refractivity contribution in [2.75, 3.05) is 12.4 Å². The van der Waals surface area contributed by atoms with E-state index in [0.717, 1.165) is 6.92 Å². The number of methoxy groups -OCH3 is 1. The average molecular weight is 416 g/mol. The van der Waals surface area contributed by atoms with Crippen LogP contribution in [0.4, 0.5) is 5.69 Å². The Balaban J connectivity index is 1.90. The molecule has 0 saturated heterocycles. The molecule has 3 rings (SSSR count). The van der Waals surface area contributed by atoms with Gasteiger partial charge in [-0.1, -0.05) is 6.92 Å². The molecule has 0 atom stereocenters. The molecule has 10 heteroatoms. The first kappa shape index (κ1) is 20.3. The lowest BCUT2D eigenvalue weighted by Gasteiger charge is -2.09. The minimum atomic E-state index is -3.94. The molecule has 0 unspecified atom stereocenters. The number of sulfonamides is 1. The molecular weight excluding hydrogens is 396 g/mol. The molecule has 2 aromatic heterocycles. The van der Waals surface area contributed by atoms with Crippen LogP contribution in [0.3, 0.4) is 0 Å². The van der Waals surface area contributed by atoms with Crippen molar-refractivity contribution >= 4 is 33.2 Å².